The second-order valence-electron chi connectivity index (χ2n) is 9.05. The average Bonchev–Trinajstić information content (AvgIpc) is 3.23. The van der Waals surface area contributed by atoms with Crippen molar-refractivity contribution in [1.82, 2.24) is 0 Å². The molecule has 0 aromatic heterocycles. The topological polar surface area (TPSA) is 82.1 Å². The highest BCUT2D eigenvalue weighted by molar-refractivity contribution is 6.24. The van der Waals surface area contributed by atoms with Crippen molar-refractivity contribution in [2.45, 2.75) is 32.0 Å². The van der Waals surface area contributed by atoms with Crippen LogP contribution in [-0.4, -0.2) is 30.0 Å². The summed E-state index contributed by atoms with van der Waals surface area (Å²) in [6.45, 7) is 0.441. The summed E-state index contributed by atoms with van der Waals surface area (Å²) in [5.74, 6) is -1.54. The number of benzene rings is 4. The summed E-state index contributed by atoms with van der Waals surface area (Å²) in [6.07, 6.45) is -2.23. The Hall–Kier alpha value is -4.59. The van der Waals surface area contributed by atoms with Crippen LogP contribution in [-0.2, 0) is 43.6 Å². The van der Waals surface area contributed by atoms with E-state index in [2.05, 4.69) is 0 Å². The molecule has 4 aromatic carbocycles. The van der Waals surface area contributed by atoms with Crippen molar-refractivity contribution in [2.24, 2.45) is 0 Å². The maximum atomic E-state index is 13.4. The second-order valence-corrected chi connectivity index (χ2v) is 9.05. The number of carbonyl (C=O) groups is 3. The number of esters is 1. The highest BCUT2D eigenvalue weighted by Crippen LogP contribution is 2.28. The summed E-state index contributed by atoms with van der Waals surface area (Å²) in [5, 5.41) is 0. The van der Waals surface area contributed by atoms with Gasteiger partial charge in [-0.25, -0.2) is 9.69 Å². The van der Waals surface area contributed by atoms with E-state index in [-0.39, 0.29) is 19.8 Å². The third-order valence-corrected chi connectivity index (χ3v) is 6.32. The highest BCUT2D eigenvalue weighted by atomic mass is 16.6. The SMILES string of the molecule is O=C(OCc1ccccc1)c1ccc(N2C(=O)[C@H](OCc3ccccc3)[C@@H](OCc3ccccc3)C2=O)cc1. The van der Waals surface area contributed by atoms with Crippen LogP contribution in [0.5, 0.6) is 0 Å². The standard InChI is InChI=1S/C32H27NO6/c34-30-28(37-20-23-10-4-1-5-11-23)29(38-21-24-12-6-2-7-13-24)31(35)33(30)27-18-16-26(17-19-27)32(36)39-22-25-14-8-3-9-15-25/h1-19,28-29H,20-22H2/t28-,29-/m1/s1. The Morgan fingerprint density at radius 1 is 0.564 bits per heavy atom. The molecule has 1 aliphatic heterocycles. The van der Waals surface area contributed by atoms with Gasteiger partial charge in [-0.1, -0.05) is 91.0 Å². The Morgan fingerprint density at radius 3 is 1.41 bits per heavy atom. The van der Waals surface area contributed by atoms with Gasteiger partial charge in [-0.15, -0.1) is 0 Å². The number of carbonyl (C=O) groups excluding carboxylic acids is 3. The molecule has 0 radical (unpaired) electrons. The lowest BCUT2D eigenvalue weighted by Gasteiger charge is -2.17. The van der Waals surface area contributed by atoms with Crippen LogP contribution in [0.25, 0.3) is 0 Å². The molecular formula is C32H27NO6. The molecule has 2 amide bonds. The predicted molar refractivity (Wildman–Crippen MR) is 145 cm³/mol. The first-order chi connectivity index (χ1) is 19.1. The Kier molecular flexibility index (Phi) is 8.21. The summed E-state index contributed by atoms with van der Waals surface area (Å²) in [7, 11) is 0. The fourth-order valence-electron chi connectivity index (χ4n) is 4.27. The third kappa shape index (κ3) is 6.29. The smallest absolute Gasteiger partial charge is 0.338 e. The van der Waals surface area contributed by atoms with Gasteiger partial charge in [0.2, 0.25) is 0 Å². The van der Waals surface area contributed by atoms with E-state index in [1.165, 1.54) is 12.1 Å². The molecule has 1 aliphatic rings. The molecule has 39 heavy (non-hydrogen) atoms. The number of imide groups is 1. The minimum Gasteiger partial charge on any atom is -0.457 e. The fourth-order valence-corrected chi connectivity index (χ4v) is 4.27. The molecule has 0 bridgehead atoms. The van der Waals surface area contributed by atoms with E-state index in [9.17, 15) is 14.4 Å². The van der Waals surface area contributed by atoms with Crippen LogP contribution in [0.1, 0.15) is 27.0 Å². The molecule has 1 saturated heterocycles. The first-order valence-corrected chi connectivity index (χ1v) is 12.6. The molecule has 0 aliphatic carbocycles. The van der Waals surface area contributed by atoms with Crippen LogP contribution in [0.4, 0.5) is 5.69 Å². The number of anilines is 1. The zero-order valence-corrected chi connectivity index (χ0v) is 21.1. The molecule has 4 aromatic rings. The van der Waals surface area contributed by atoms with Crippen LogP contribution < -0.4 is 4.90 Å². The normalized spacial score (nSPS) is 16.9. The number of ether oxygens (including phenoxy) is 3. The number of rotatable bonds is 10. The van der Waals surface area contributed by atoms with Crippen LogP contribution in [0.2, 0.25) is 0 Å². The minimum absolute atomic E-state index is 0.144. The van der Waals surface area contributed by atoms with Crippen molar-refractivity contribution >= 4 is 23.5 Å². The Labute approximate surface area is 226 Å². The molecule has 0 saturated carbocycles. The van der Waals surface area contributed by atoms with Crippen molar-refractivity contribution in [2.75, 3.05) is 4.90 Å². The molecule has 0 spiro atoms. The maximum Gasteiger partial charge on any atom is 0.338 e. The lowest BCUT2D eigenvalue weighted by atomic mass is 10.2. The van der Waals surface area contributed by atoms with Gasteiger partial charge in [0.15, 0.2) is 12.2 Å². The van der Waals surface area contributed by atoms with Gasteiger partial charge in [-0.3, -0.25) is 9.59 Å². The fraction of sp³-hybridized carbons (Fsp3) is 0.156. The van der Waals surface area contributed by atoms with E-state index >= 15 is 0 Å². The van der Waals surface area contributed by atoms with Crippen molar-refractivity contribution in [3.63, 3.8) is 0 Å². The number of nitrogens with zero attached hydrogens (tertiary/aromatic N) is 1. The first kappa shape index (κ1) is 26.0. The molecule has 2 atom stereocenters. The minimum atomic E-state index is -1.11. The van der Waals surface area contributed by atoms with Gasteiger partial charge < -0.3 is 14.2 Å². The molecule has 196 valence electrons. The van der Waals surface area contributed by atoms with Gasteiger partial charge in [-0.05, 0) is 41.0 Å². The van der Waals surface area contributed by atoms with E-state index in [4.69, 9.17) is 14.2 Å². The summed E-state index contributed by atoms with van der Waals surface area (Å²) >= 11 is 0. The molecule has 0 unspecified atom stereocenters. The Bertz CT molecular complexity index is 1350. The number of hydrogen-bond donors (Lipinski definition) is 0. The molecule has 1 fully saturated rings. The van der Waals surface area contributed by atoms with E-state index in [1.807, 2.05) is 91.0 Å². The van der Waals surface area contributed by atoms with Crippen molar-refractivity contribution in [3.8, 4) is 0 Å². The van der Waals surface area contributed by atoms with Gasteiger partial charge in [0.25, 0.3) is 11.8 Å². The second kappa shape index (κ2) is 12.3. The van der Waals surface area contributed by atoms with E-state index in [1.54, 1.807) is 12.1 Å². The predicted octanol–water partition coefficient (Wildman–Crippen LogP) is 5.09. The zero-order chi connectivity index (χ0) is 27.0. The van der Waals surface area contributed by atoms with E-state index in [0.717, 1.165) is 21.6 Å². The monoisotopic (exact) mass is 521 g/mol. The Morgan fingerprint density at radius 2 is 0.974 bits per heavy atom. The average molecular weight is 522 g/mol. The van der Waals surface area contributed by atoms with Crippen LogP contribution in [0.15, 0.2) is 115 Å². The molecule has 7 nitrogen and oxygen atoms in total. The third-order valence-electron chi connectivity index (χ3n) is 6.32. The van der Waals surface area contributed by atoms with Crippen molar-refractivity contribution in [3.05, 3.63) is 138 Å². The van der Waals surface area contributed by atoms with Gasteiger partial charge in [-0.2, -0.15) is 0 Å². The van der Waals surface area contributed by atoms with Gasteiger partial charge in [0.1, 0.15) is 6.61 Å². The van der Waals surface area contributed by atoms with Crippen molar-refractivity contribution in [1.29, 1.82) is 0 Å². The number of hydrogen-bond acceptors (Lipinski definition) is 6. The van der Waals surface area contributed by atoms with Crippen LogP contribution in [0.3, 0.4) is 0 Å². The zero-order valence-electron chi connectivity index (χ0n) is 21.1. The van der Waals surface area contributed by atoms with Gasteiger partial charge in [0, 0.05) is 0 Å². The van der Waals surface area contributed by atoms with E-state index in [0.29, 0.717) is 11.3 Å². The first-order valence-electron chi connectivity index (χ1n) is 12.6. The van der Waals surface area contributed by atoms with Gasteiger partial charge >= 0.3 is 5.97 Å². The van der Waals surface area contributed by atoms with Crippen molar-refractivity contribution < 1.29 is 28.6 Å². The molecular weight excluding hydrogens is 494 g/mol. The molecule has 1 heterocycles. The summed E-state index contributed by atoms with van der Waals surface area (Å²) in [6, 6.07) is 34.3. The molecule has 7 heteroatoms. The van der Waals surface area contributed by atoms with Gasteiger partial charge in [0.05, 0.1) is 24.5 Å². The van der Waals surface area contributed by atoms with Crippen LogP contribution >= 0.6 is 0 Å². The summed E-state index contributed by atoms with van der Waals surface area (Å²) in [4.78, 5) is 40.5. The quantitative estimate of drug-likeness (QED) is 0.214. The molecule has 5 rings (SSSR count). The largest absolute Gasteiger partial charge is 0.457 e. The molecule has 0 N–H and O–H groups in total. The number of amides is 2. The summed E-state index contributed by atoms with van der Waals surface area (Å²) in [5.41, 5.74) is 3.25. The highest BCUT2D eigenvalue weighted by Gasteiger charge is 2.50. The summed E-state index contributed by atoms with van der Waals surface area (Å²) < 4.78 is 17.3. The Balaban J connectivity index is 1.30. The maximum absolute atomic E-state index is 13.4. The lowest BCUT2D eigenvalue weighted by molar-refractivity contribution is -0.142. The van der Waals surface area contributed by atoms with E-state index < -0.39 is 30.0 Å². The van der Waals surface area contributed by atoms with Crippen LogP contribution in [0, 0.1) is 0 Å². The lowest BCUT2D eigenvalue weighted by Crippen LogP contribution is -2.34.